The number of hydrogen-bond acceptors (Lipinski definition) is 7. The fourth-order valence-electron chi connectivity index (χ4n) is 2.75. The smallest absolute Gasteiger partial charge is 0.274 e. The van der Waals surface area contributed by atoms with Crippen LogP contribution in [-0.4, -0.2) is 47.2 Å². The Balaban J connectivity index is 1.53. The van der Waals surface area contributed by atoms with Gasteiger partial charge in [-0.25, -0.2) is 15.0 Å². The van der Waals surface area contributed by atoms with E-state index in [2.05, 4.69) is 25.2 Å². The highest BCUT2D eigenvalue weighted by Crippen LogP contribution is 2.24. The molecule has 0 aliphatic carbocycles. The molecule has 0 atom stereocenters. The van der Waals surface area contributed by atoms with E-state index in [9.17, 15) is 4.79 Å². The number of nitrogens with zero attached hydrogens (tertiary/aromatic N) is 4. The van der Waals surface area contributed by atoms with Gasteiger partial charge in [0.15, 0.2) is 0 Å². The van der Waals surface area contributed by atoms with Crippen LogP contribution in [0.25, 0.3) is 10.2 Å². The molecule has 3 heterocycles. The maximum absolute atomic E-state index is 12.5. The predicted molar refractivity (Wildman–Crippen MR) is 97.4 cm³/mol. The lowest BCUT2D eigenvalue weighted by atomic mass is 10.2. The fourth-order valence-corrected chi connectivity index (χ4v) is 3.56. The number of carbonyl (C=O) groups excluding carboxylic acids is 1. The molecule has 1 amide bonds. The first-order valence-corrected chi connectivity index (χ1v) is 8.84. The Morgan fingerprint density at radius 1 is 1.24 bits per heavy atom. The van der Waals surface area contributed by atoms with Gasteiger partial charge in [-0.3, -0.25) is 4.79 Å². The van der Waals surface area contributed by atoms with Crippen molar-refractivity contribution in [2.75, 3.05) is 36.5 Å². The molecule has 3 aromatic rings. The van der Waals surface area contributed by atoms with Crippen LogP contribution in [-0.2, 0) is 4.74 Å². The molecule has 1 aliphatic rings. The molecule has 1 aliphatic heterocycles. The van der Waals surface area contributed by atoms with Crippen LogP contribution in [0.15, 0.2) is 30.6 Å². The largest absolute Gasteiger partial charge is 0.378 e. The van der Waals surface area contributed by atoms with Crippen LogP contribution < -0.4 is 10.2 Å². The van der Waals surface area contributed by atoms with Crippen molar-refractivity contribution in [3.8, 4) is 0 Å². The van der Waals surface area contributed by atoms with Gasteiger partial charge in [0, 0.05) is 24.8 Å². The van der Waals surface area contributed by atoms with E-state index in [1.807, 2.05) is 25.1 Å². The zero-order valence-corrected chi connectivity index (χ0v) is 14.5. The van der Waals surface area contributed by atoms with E-state index in [1.165, 1.54) is 6.33 Å². The summed E-state index contributed by atoms with van der Waals surface area (Å²) in [4.78, 5) is 27.4. The van der Waals surface area contributed by atoms with Gasteiger partial charge < -0.3 is 15.0 Å². The number of anilines is 2. The van der Waals surface area contributed by atoms with Gasteiger partial charge in [-0.2, -0.15) is 0 Å². The molecule has 1 fully saturated rings. The van der Waals surface area contributed by atoms with E-state index in [-0.39, 0.29) is 5.91 Å². The first-order valence-electron chi connectivity index (χ1n) is 8.02. The zero-order chi connectivity index (χ0) is 17.2. The van der Waals surface area contributed by atoms with Crippen LogP contribution in [0.4, 0.5) is 11.5 Å². The first kappa shape index (κ1) is 15.9. The number of carbonyl (C=O) groups is 1. The summed E-state index contributed by atoms with van der Waals surface area (Å²) in [5, 5.41) is 3.89. The lowest BCUT2D eigenvalue weighted by molar-refractivity contribution is 0.102. The van der Waals surface area contributed by atoms with Gasteiger partial charge >= 0.3 is 0 Å². The molecular weight excluding hydrogens is 338 g/mol. The average Bonchev–Trinajstić information content (AvgIpc) is 3.02. The number of benzene rings is 1. The van der Waals surface area contributed by atoms with Gasteiger partial charge in [0.1, 0.15) is 17.8 Å². The van der Waals surface area contributed by atoms with Crippen molar-refractivity contribution in [3.05, 3.63) is 41.3 Å². The van der Waals surface area contributed by atoms with E-state index in [4.69, 9.17) is 4.74 Å². The predicted octanol–water partition coefficient (Wildman–Crippen LogP) is 2.48. The van der Waals surface area contributed by atoms with E-state index in [0.717, 1.165) is 34.1 Å². The molecule has 1 aromatic carbocycles. The quantitative estimate of drug-likeness (QED) is 0.777. The lowest BCUT2D eigenvalue weighted by Crippen LogP contribution is -2.37. The Bertz CT molecular complexity index is 920. The van der Waals surface area contributed by atoms with Crippen LogP contribution in [0.5, 0.6) is 0 Å². The van der Waals surface area contributed by atoms with E-state index in [0.29, 0.717) is 24.6 Å². The molecule has 7 nitrogen and oxygen atoms in total. The highest BCUT2D eigenvalue weighted by Gasteiger charge is 2.16. The summed E-state index contributed by atoms with van der Waals surface area (Å²) in [5.74, 6) is 0.484. The second kappa shape index (κ2) is 6.73. The molecule has 25 heavy (non-hydrogen) atoms. The fraction of sp³-hybridized carbons (Fsp3) is 0.294. The number of morpholine rings is 1. The number of amides is 1. The molecule has 1 N–H and O–H groups in total. The molecular formula is C17H17N5O2S. The van der Waals surface area contributed by atoms with Crippen LogP contribution >= 0.6 is 11.3 Å². The number of nitrogens with one attached hydrogen (secondary N) is 1. The third kappa shape index (κ3) is 3.45. The van der Waals surface area contributed by atoms with Gasteiger partial charge in [-0.05, 0) is 25.1 Å². The molecule has 1 saturated heterocycles. The van der Waals surface area contributed by atoms with Crippen molar-refractivity contribution in [2.45, 2.75) is 6.92 Å². The molecule has 128 valence electrons. The number of rotatable bonds is 3. The van der Waals surface area contributed by atoms with E-state index >= 15 is 0 Å². The summed E-state index contributed by atoms with van der Waals surface area (Å²) < 4.78 is 6.45. The third-order valence-electron chi connectivity index (χ3n) is 3.97. The van der Waals surface area contributed by atoms with Gasteiger partial charge in [-0.15, -0.1) is 11.3 Å². The number of fused-ring (bicyclic) bond motifs is 1. The Hall–Kier alpha value is -2.58. The van der Waals surface area contributed by atoms with E-state index < -0.39 is 0 Å². The standard InChI is InChI=1S/C17H17N5O2S/c1-11-20-13-8-12(2-3-15(13)25-11)21-17(23)14-9-16(19-10-18-14)22-4-6-24-7-5-22/h2-3,8-10H,4-7H2,1H3,(H,21,23). The van der Waals surface area contributed by atoms with Crippen LogP contribution in [0.3, 0.4) is 0 Å². The third-order valence-corrected chi connectivity index (χ3v) is 4.92. The van der Waals surface area contributed by atoms with Crippen molar-refractivity contribution >= 4 is 39.0 Å². The van der Waals surface area contributed by atoms with Crippen LogP contribution in [0.2, 0.25) is 0 Å². The van der Waals surface area contributed by atoms with Crippen molar-refractivity contribution < 1.29 is 9.53 Å². The summed E-state index contributed by atoms with van der Waals surface area (Å²) in [6, 6.07) is 7.43. The highest BCUT2D eigenvalue weighted by atomic mass is 32.1. The second-order valence-corrected chi connectivity index (χ2v) is 6.97. The second-order valence-electron chi connectivity index (χ2n) is 5.73. The number of ether oxygens (including phenoxy) is 1. The van der Waals surface area contributed by atoms with E-state index in [1.54, 1.807) is 17.4 Å². The van der Waals surface area contributed by atoms with Crippen molar-refractivity contribution in [1.82, 2.24) is 15.0 Å². The Kier molecular flexibility index (Phi) is 4.29. The van der Waals surface area contributed by atoms with Gasteiger partial charge in [-0.1, -0.05) is 0 Å². The SMILES string of the molecule is Cc1nc2cc(NC(=O)c3cc(N4CCOCC4)ncn3)ccc2s1. The molecule has 0 saturated carbocycles. The monoisotopic (exact) mass is 355 g/mol. The number of aryl methyl sites for hydroxylation is 1. The summed E-state index contributed by atoms with van der Waals surface area (Å²) in [5.41, 5.74) is 1.93. The summed E-state index contributed by atoms with van der Waals surface area (Å²) >= 11 is 1.63. The van der Waals surface area contributed by atoms with Crippen molar-refractivity contribution in [2.24, 2.45) is 0 Å². The molecule has 0 spiro atoms. The Morgan fingerprint density at radius 3 is 2.92 bits per heavy atom. The zero-order valence-electron chi connectivity index (χ0n) is 13.7. The minimum Gasteiger partial charge on any atom is -0.378 e. The maximum Gasteiger partial charge on any atom is 0.274 e. The molecule has 2 aromatic heterocycles. The Labute approximate surface area is 148 Å². The molecule has 8 heteroatoms. The number of thiazole rings is 1. The normalized spacial score (nSPS) is 14.7. The van der Waals surface area contributed by atoms with Crippen molar-refractivity contribution in [1.29, 1.82) is 0 Å². The summed E-state index contributed by atoms with van der Waals surface area (Å²) in [7, 11) is 0. The minimum absolute atomic E-state index is 0.261. The summed E-state index contributed by atoms with van der Waals surface area (Å²) in [6.45, 7) is 4.82. The number of aromatic nitrogens is 3. The van der Waals surface area contributed by atoms with Gasteiger partial charge in [0.2, 0.25) is 0 Å². The highest BCUT2D eigenvalue weighted by molar-refractivity contribution is 7.18. The van der Waals surface area contributed by atoms with Gasteiger partial charge in [0.25, 0.3) is 5.91 Å². The minimum atomic E-state index is -0.261. The molecule has 0 bridgehead atoms. The maximum atomic E-state index is 12.5. The molecule has 0 radical (unpaired) electrons. The van der Waals surface area contributed by atoms with Crippen LogP contribution in [0.1, 0.15) is 15.5 Å². The van der Waals surface area contributed by atoms with Crippen molar-refractivity contribution in [3.63, 3.8) is 0 Å². The topological polar surface area (TPSA) is 80.2 Å². The summed E-state index contributed by atoms with van der Waals surface area (Å²) in [6.07, 6.45) is 1.42. The molecule has 0 unspecified atom stereocenters. The lowest BCUT2D eigenvalue weighted by Gasteiger charge is -2.27. The molecule has 4 rings (SSSR count). The van der Waals surface area contributed by atoms with Crippen LogP contribution in [0, 0.1) is 6.92 Å². The van der Waals surface area contributed by atoms with Gasteiger partial charge in [0.05, 0.1) is 28.4 Å². The first-order chi connectivity index (χ1) is 12.2. The Morgan fingerprint density at radius 2 is 2.08 bits per heavy atom. The average molecular weight is 355 g/mol. The number of hydrogen-bond donors (Lipinski definition) is 1.